The summed E-state index contributed by atoms with van der Waals surface area (Å²) < 4.78 is 28.1. The number of benzene rings is 2. The molecule has 5 nitrogen and oxygen atoms in total. The number of amides is 3. The topological polar surface area (TPSA) is 73.2 Å². The Balaban J connectivity index is 1.92. The van der Waals surface area contributed by atoms with E-state index < -0.39 is 29.1 Å². The number of nitrogens with one attached hydrogen (secondary N) is 1. The Bertz CT molecular complexity index is 923. The van der Waals surface area contributed by atoms with Crippen molar-refractivity contribution >= 4 is 11.9 Å². The second-order valence-electron chi connectivity index (χ2n) is 5.84. The highest BCUT2D eigenvalue weighted by molar-refractivity contribution is 6.07. The van der Waals surface area contributed by atoms with Crippen LogP contribution in [0.1, 0.15) is 23.6 Å². The molecule has 0 aromatic heterocycles. The van der Waals surface area contributed by atoms with Crippen molar-refractivity contribution in [2.24, 2.45) is 0 Å². The van der Waals surface area contributed by atoms with E-state index in [4.69, 9.17) is 5.26 Å². The van der Waals surface area contributed by atoms with Gasteiger partial charge in [0.1, 0.15) is 17.2 Å². The van der Waals surface area contributed by atoms with Crippen LogP contribution in [-0.4, -0.2) is 16.8 Å². The summed E-state index contributed by atoms with van der Waals surface area (Å²) in [5.41, 5.74) is -1.31. The maximum absolute atomic E-state index is 14.1. The number of hydrogen-bond acceptors (Lipinski definition) is 3. The van der Waals surface area contributed by atoms with Crippen molar-refractivity contribution in [2.45, 2.75) is 19.0 Å². The van der Waals surface area contributed by atoms with Crippen molar-refractivity contribution in [2.75, 3.05) is 0 Å². The van der Waals surface area contributed by atoms with E-state index in [0.717, 1.165) is 11.0 Å². The molecule has 3 amide bonds. The molecule has 0 radical (unpaired) electrons. The van der Waals surface area contributed by atoms with E-state index >= 15 is 0 Å². The van der Waals surface area contributed by atoms with Crippen LogP contribution in [0.15, 0.2) is 42.5 Å². The smallest absolute Gasteiger partial charge is 0.319 e. The Morgan fingerprint density at radius 1 is 1.16 bits per heavy atom. The highest BCUT2D eigenvalue weighted by Crippen LogP contribution is 2.31. The maximum Gasteiger partial charge on any atom is 0.325 e. The van der Waals surface area contributed by atoms with Crippen LogP contribution < -0.4 is 5.32 Å². The predicted octanol–water partition coefficient (Wildman–Crippen LogP) is 2.80. The molecule has 0 spiro atoms. The Kier molecular flexibility index (Phi) is 3.97. The first kappa shape index (κ1) is 16.6. The Hall–Kier alpha value is -3.27. The van der Waals surface area contributed by atoms with Gasteiger partial charge in [-0.3, -0.25) is 9.69 Å². The van der Waals surface area contributed by atoms with Gasteiger partial charge in [-0.1, -0.05) is 24.3 Å². The van der Waals surface area contributed by atoms with E-state index in [2.05, 4.69) is 5.32 Å². The third-order valence-corrected chi connectivity index (χ3v) is 4.20. The molecule has 1 N–H and O–H groups in total. The van der Waals surface area contributed by atoms with Crippen molar-refractivity contribution in [3.05, 3.63) is 70.8 Å². The van der Waals surface area contributed by atoms with Crippen LogP contribution in [0.25, 0.3) is 0 Å². The number of rotatable bonds is 3. The number of halogens is 2. The molecule has 0 bridgehead atoms. The highest BCUT2D eigenvalue weighted by Gasteiger charge is 2.50. The SMILES string of the molecule is C[C@@]1(c2ccccc2F)NC(=O)N(Cc2ccc(C#N)cc2F)C1=O. The molecule has 1 heterocycles. The third kappa shape index (κ3) is 2.72. The van der Waals surface area contributed by atoms with E-state index in [1.807, 2.05) is 0 Å². The van der Waals surface area contributed by atoms with Gasteiger partial charge in [0.15, 0.2) is 0 Å². The number of imide groups is 1. The zero-order chi connectivity index (χ0) is 18.2. The molecular formula is C18H13F2N3O2. The van der Waals surface area contributed by atoms with Gasteiger partial charge in [-0.25, -0.2) is 13.6 Å². The van der Waals surface area contributed by atoms with Gasteiger partial charge in [0.2, 0.25) is 0 Å². The summed E-state index contributed by atoms with van der Waals surface area (Å²) in [5, 5.41) is 11.2. The second kappa shape index (κ2) is 5.98. The average molecular weight is 341 g/mol. The fourth-order valence-corrected chi connectivity index (χ4v) is 2.81. The normalized spacial score (nSPS) is 19.7. The van der Waals surface area contributed by atoms with Crippen molar-refractivity contribution in [1.29, 1.82) is 5.26 Å². The van der Waals surface area contributed by atoms with E-state index in [9.17, 15) is 18.4 Å². The minimum atomic E-state index is -1.56. The zero-order valence-electron chi connectivity index (χ0n) is 13.2. The molecule has 1 saturated heterocycles. The largest absolute Gasteiger partial charge is 0.325 e. The van der Waals surface area contributed by atoms with Crippen LogP contribution in [0, 0.1) is 23.0 Å². The van der Waals surface area contributed by atoms with Crippen molar-refractivity contribution in [3.63, 3.8) is 0 Å². The third-order valence-electron chi connectivity index (χ3n) is 4.20. The van der Waals surface area contributed by atoms with Gasteiger partial charge in [-0.15, -0.1) is 0 Å². The first-order chi connectivity index (χ1) is 11.9. The fourth-order valence-electron chi connectivity index (χ4n) is 2.81. The summed E-state index contributed by atoms with van der Waals surface area (Å²) in [5.74, 6) is -1.99. The lowest BCUT2D eigenvalue weighted by Crippen LogP contribution is -2.41. The number of nitriles is 1. The monoisotopic (exact) mass is 341 g/mol. The molecule has 1 aliphatic heterocycles. The van der Waals surface area contributed by atoms with Crippen molar-refractivity contribution < 1.29 is 18.4 Å². The molecule has 126 valence electrons. The van der Waals surface area contributed by atoms with Gasteiger partial charge >= 0.3 is 6.03 Å². The summed E-state index contributed by atoms with van der Waals surface area (Å²) in [6, 6.07) is 10.5. The number of urea groups is 1. The summed E-state index contributed by atoms with van der Waals surface area (Å²) in [6.07, 6.45) is 0. The van der Waals surface area contributed by atoms with E-state index in [0.29, 0.717) is 0 Å². The Morgan fingerprint density at radius 3 is 2.52 bits per heavy atom. The van der Waals surface area contributed by atoms with Gasteiger partial charge < -0.3 is 5.32 Å². The lowest BCUT2D eigenvalue weighted by Gasteiger charge is -2.22. The summed E-state index contributed by atoms with van der Waals surface area (Å²) in [7, 11) is 0. The summed E-state index contributed by atoms with van der Waals surface area (Å²) in [6.45, 7) is 1.09. The van der Waals surface area contributed by atoms with Crippen LogP contribution in [-0.2, 0) is 16.9 Å². The Labute approximate surface area is 142 Å². The first-order valence-corrected chi connectivity index (χ1v) is 7.44. The predicted molar refractivity (Wildman–Crippen MR) is 83.9 cm³/mol. The van der Waals surface area contributed by atoms with Gasteiger partial charge in [-0.05, 0) is 25.1 Å². The number of carbonyl (C=O) groups is 2. The van der Waals surface area contributed by atoms with Crippen LogP contribution in [0.3, 0.4) is 0 Å². The minimum absolute atomic E-state index is 0.0381. The molecule has 0 aliphatic carbocycles. The number of carbonyl (C=O) groups excluding carboxylic acids is 2. The molecule has 2 aromatic carbocycles. The number of nitrogens with zero attached hydrogens (tertiary/aromatic N) is 2. The quantitative estimate of drug-likeness (QED) is 0.873. The van der Waals surface area contributed by atoms with Gasteiger partial charge in [0.25, 0.3) is 5.91 Å². The molecule has 0 unspecified atom stereocenters. The molecule has 3 rings (SSSR count). The molecular weight excluding hydrogens is 328 g/mol. The van der Waals surface area contributed by atoms with E-state index in [-0.39, 0.29) is 23.2 Å². The molecule has 1 aliphatic rings. The number of hydrogen-bond donors (Lipinski definition) is 1. The van der Waals surface area contributed by atoms with Crippen LogP contribution in [0.4, 0.5) is 13.6 Å². The van der Waals surface area contributed by atoms with Gasteiger partial charge in [0, 0.05) is 11.1 Å². The summed E-state index contributed by atoms with van der Waals surface area (Å²) in [4.78, 5) is 25.8. The van der Waals surface area contributed by atoms with Gasteiger partial charge in [0.05, 0.1) is 18.2 Å². The first-order valence-electron chi connectivity index (χ1n) is 7.44. The highest BCUT2D eigenvalue weighted by atomic mass is 19.1. The standard InChI is InChI=1S/C18H13F2N3O2/c1-18(13-4-2-3-5-14(13)19)16(24)23(17(25)22-18)10-12-7-6-11(9-21)8-15(12)20/h2-8H,10H2,1H3,(H,22,25)/t18-/m0/s1. The lowest BCUT2D eigenvalue weighted by molar-refractivity contribution is -0.131. The Morgan fingerprint density at radius 2 is 1.88 bits per heavy atom. The molecule has 0 saturated carbocycles. The summed E-state index contributed by atoms with van der Waals surface area (Å²) >= 11 is 0. The van der Waals surface area contributed by atoms with Crippen molar-refractivity contribution in [1.82, 2.24) is 10.2 Å². The molecule has 1 atom stereocenters. The zero-order valence-corrected chi connectivity index (χ0v) is 13.2. The molecule has 2 aromatic rings. The van der Waals surface area contributed by atoms with Crippen molar-refractivity contribution in [3.8, 4) is 6.07 Å². The van der Waals surface area contributed by atoms with Crippen LogP contribution in [0.5, 0.6) is 0 Å². The van der Waals surface area contributed by atoms with Gasteiger partial charge in [-0.2, -0.15) is 5.26 Å². The minimum Gasteiger partial charge on any atom is -0.319 e. The molecule has 25 heavy (non-hydrogen) atoms. The maximum atomic E-state index is 14.1. The average Bonchev–Trinajstić information content (AvgIpc) is 2.80. The van der Waals surface area contributed by atoms with E-state index in [1.165, 1.54) is 37.3 Å². The lowest BCUT2D eigenvalue weighted by atomic mass is 9.91. The van der Waals surface area contributed by atoms with Crippen LogP contribution >= 0.6 is 0 Å². The second-order valence-corrected chi connectivity index (χ2v) is 5.84. The molecule has 1 fully saturated rings. The molecule has 7 heteroatoms. The van der Waals surface area contributed by atoms with E-state index in [1.54, 1.807) is 12.1 Å². The van der Waals surface area contributed by atoms with Crippen LogP contribution in [0.2, 0.25) is 0 Å². The fraction of sp³-hybridized carbons (Fsp3) is 0.167.